The number of sulfonamides is 1. The second-order valence-corrected chi connectivity index (χ2v) is 11.7. The minimum absolute atomic E-state index is 0.0350. The lowest BCUT2D eigenvalue weighted by Crippen LogP contribution is -2.55. The van der Waals surface area contributed by atoms with Gasteiger partial charge in [-0.1, -0.05) is 19.1 Å². The van der Waals surface area contributed by atoms with Crippen LogP contribution in [0, 0.1) is 0 Å². The van der Waals surface area contributed by atoms with Crippen molar-refractivity contribution in [3.63, 3.8) is 0 Å². The quantitative estimate of drug-likeness (QED) is 0.499. The van der Waals surface area contributed by atoms with E-state index >= 15 is 0 Å². The van der Waals surface area contributed by atoms with Crippen molar-refractivity contribution in [3.05, 3.63) is 48.0 Å². The molecule has 2 amide bonds. The Balaban J connectivity index is 1.95. The van der Waals surface area contributed by atoms with Gasteiger partial charge in [0.15, 0.2) is 11.5 Å². The van der Waals surface area contributed by atoms with Gasteiger partial charge in [-0.15, -0.1) is 0 Å². The number of nitrogens with one attached hydrogen (secondary N) is 1. The summed E-state index contributed by atoms with van der Waals surface area (Å²) < 4.78 is 42.5. The molecule has 2 aromatic carbocycles. The number of ether oxygens (including phenoxy) is 3. The van der Waals surface area contributed by atoms with E-state index in [1.807, 2.05) is 27.7 Å². The predicted octanol–water partition coefficient (Wildman–Crippen LogP) is 2.91. The van der Waals surface area contributed by atoms with Crippen LogP contribution in [0.25, 0.3) is 0 Å². The Morgan fingerprint density at radius 2 is 1.73 bits per heavy atom. The van der Waals surface area contributed by atoms with Crippen LogP contribution in [0.3, 0.4) is 0 Å². The van der Waals surface area contributed by atoms with Crippen molar-refractivity contribution in [1.82, 2.24) is 10.2 Å². The Morgan fingerprint density at radius 1 is 1.08 bits per heavy atom. The van der Waals surface area contributed by atoms with E-state index in [0.717, 1.165) is 16.1 Å². The molecule has 1 aliphatic rings. The average Bonchev–Trinajstić information content (AvgIpc) is 3.28. The summed E-state index contributed by atoms with van der Waals surface area (Å²) in [5.74, 6) is 0.713. The minimum atomic E-state index is -3.85. The minimum Gasteiger partial charge on any atom is -0.497 e. The summed E-state index contributed by atoms with van der Waals surface area (Å²) in [5.41, 5.74) is 0.520. The molecule has 2 aromatic rings. The monoisotopic (exact) mass is 533 g/mol. The summed E-state index contributed by atoms with van der Waals surface area (Å²) in [7, 11) is -2.29. The smallest absolute Gasteiger partial charge is 0.244 e. The highest BCUT2D eigenvalue weighted by Gasteiger charge is 2.33. The highest BCUT2D eigenvalue weighted by Crippen LogP contribution is 2.36. The standard InChI is InChI=1S/C26H35N3O7S/c1-7-21(25(31)27-26(2,3)4)28(15-18-8-11-20(34-5)12-9-18)24(30)16-29(37(6,32)33)19-10-13-22-23(14-19)36-17-35-22/h8-14,21H,7,15-17H2,1-6H3,(H,27,31)/t21-/m1/s1. The van der Waals surface area contributed by atoms with E-state index in [9.17, 15) is 18.0 Å². The zero-order chi connectivity index (χ0) is 27.4. The van der Waals surface area contributed by atoms with E-state index < -0.39 is 34.1 Å². The first-order chi connectivity index (χ1) is 17.3. The number of carbonyl (C=O) groups is 2. The van der Waals surface area contributed by atoms with Gasteiger partial charge >= 0.3 is 0 Å². The maximum atomic E-state index is 13.8. The third-order valence-electron chi connectivity index (χ3n) is 5.72. The van der Waals surface area contributed by atoms with Gasteiger partial charge in [0, 0.05) is 18.2 Å². The third-order valence-corrected chi connectivity index (χ3v) is 6.86. The molecular formula is C26H35N3O7S. The summed E-state index contributed by atoms with van der Waals surface area (Å²) >= 11 is 0. The molecule has 0 spiro atoms. The van der Waals surface area contributed by atoms with E-state index in [0.29, 0.717) is 23.7 Å². The highest BCUT2D eigenvalue weighted by atomic mass is 32.2. The molecule has 0 aliphatic carbocycles. The molecule has 10 nitrogen and oxygen atoms in total. The summed E-state index contributed by atoms with van der Waals surface area (Å²) in [6, 6.07) is 11.0. The van der Waals surface area contributed by atoms with Gasteiger partial charge in [-0.2, -0.15) is 0 Å². The van der Waals surface area contributed by atoms with Crippen molar-refractivity contribution >= 4 is 27.5 Å². The molecule has 202 valence electrons. The van der Waals surface area contributed by atoms with Gasteiger partial charge in [0.25, 0.3) is 0 Å². The fourth-order valence-corrected chi connectivity index (χ4v) is 4.80. The first kappa shape index (κ1) is 28.1. The van der Waals surface area contributed by atoms with Crippen molar-refractivity contribution in [1.29, 1.82) is 0 Å². The van der Waals surface area contributed by atoms with Crippen LogP contribution < -0.4 is 23.8 Å². The van der Waals surface area contributed by atoms with Gasteiger partial charge in [0.05, 0.1) is 19.1 Å². The molecule has 1 heterocycles. The Kier molecular flexibility index (Phi) is 8.57. The van der Waals surface area contributed by atoms with Crippen LogP contribution in [0.15, 0.2) is 42.5 Å². The molecule has 1 N–H and O–H groups in total. The van der Waals surface area contributed by atoms with Gasteiger partial charge in [-0.25, -0.2) is 8.42 Å². The van der Waals surface area contributed by atoms with Crippen LogP contribution in [0.4, 0.5) is 5.69 Å². The molecule has 0 bridgehead atoms. The normalized spacial score (nSPS) is 13.6. The SMILES string of the molecule is CC[C@H](C(=O)NC(C)(C)C)N(Cc1ccc(OC)cc1)C(=O)CN(c1ccc2c(c1)OCO2)S(C)(=O)=O. The van der Waals surface area contributed by atoms with Crippen molar-refractivity contribution in [2.45, 2.75) is 52.2 Å². The highest BCUT2D eigenvalue weighted by molar-refractivity contribution is 7.92. The number of methoxy groups -OCH3 is 1. The maximum Gasteiger partial charge on any atom is 0.244 e. The lowest BCUT2D eigenvalue weighted by Gasteiger charge is -2.34. The zero-order valence-corrected chi connectivity index (χ0v) is 22.9. The molecule has 0 aromatic heterocycles. The van der Waals surface area contributed by atoms with Crippen LogP contribution in [0.2, 0.25) is 0 Å². The van der Waals surface area contributed by atoms with Gasteiger partial charge < -0.3 is 24.4 Å². The first-order valence-corrected chi connectivity index (χ1v) is 13.8. The first-order valence-electron chi connectivity index (χ1n) is 11.9. The third kappa shape index (κ3) is 7.28. The Bertz CT molecular complexity index is 1220. The van der Waals surface area contributed by atoms with E-state index in [2.05, 4.69) is 5.32 Å². The predicted molar refractivity (Wildman–Crippen MR) is 140 cm³/mol. The topological polar surface area (TPSA) is 114 Å². The number of hydrogen-bond acceptors (Lipinski definition) is 7. The van der Waals surface area contributed by atoms with E-state index in [-0.39, 0.29) is 24.9 Å². The lowest BCUT2D eigenvalue weighted by atomic mass is 10.1. The Hall–Kier alpha value is -3.47. The van der Waals surface area contributed by atoms with E-state index in [1.165, 1.54) is 11.0 Å². The van der Waals surface area contributed by atoms with Gasteiger partial charge in [0.1, 0.15) is 18.3 Å². The summed E-state index contributed by atoms with van der Waals surface area (Å²) in [6.07, 6.45) is 1.37. The molecule has 0 fully saturated rings. The van der Waals surface area contributed by atoms with Crippen LogP contribution in [-0.4, -0.2) is 63.4 Å². The summed E-state index contributed by atoms with van der Waals surface area (Å²) in [5, 5.41) is 2.94. The molecule has 0 saturated carbocycles. The Morgan fingerprint density at radius 3 is 2.30 bits per heavy atom. The van der Waals surface area contributed by atoms with Crippen molar-refractivity contribution in [3.8, 4) is 17.2 Å². The van der Waals surface area contributed by atoms with Gasteiger partial charge in [-0.05, 0) is 57.0 Å². The molecule has 1 aliphatic heterocycles. The van der Waals surface area contributed by atoms with Crippen LogP contribution in [-0.2, 0) is 26.2 Å². The second-order valence-electron chi connectivity index (χ2n) is 9.84. The second kappa shape index (κ2) is 11.3. The number of rotatable bonds is 10. The number of carbonyl (C=O) groups excluding carboxylic acids is 2. The largest absolute Gasteiger partial charge is 0.497 e. The van der Waals surface area contributed by atoms with Crippen LogP contribution in [0.1, 0.15) is 39.7 Å². The average molecular weight is 534 g/mol. The Labute approximate surface area is 218 Å². The lowest BCUT2D eigenvalue weighted by molar-refractivity contribution is -0.141. The summed E-state index contributed by atoms with van der Waals surface area (Å²) in [4.78, 5) is 28.4. The molecule has 11 heteroatoms. The van der Waals surface area contributed by atoms with Crippen molar-refractivity contribution in [2.24, 2.45) is 0 Å². The van der Waals surface area contributed by atoms with Gasteiger partial charge in [0.2, 0.25) is 28.6 Å². The number of benzene rings is 2. The van der Waals surface area contributed by atoms with Crippen LogP contribution in [0.5, 0.6) is 17.2 Å². The molecule has 0 radical (unpaired) electrons. The molecule has 0 saturated heterocycles. The van der Waals surface area contributed by atoms with E-state index in [4.69, 9.17) is 14.2 Å². The molecular weight excluding hydrogens is 498 g/mol. The molecule has 3 rings (SSSR count). The number of nitrogens with zero attached hydrogens (tertiary/aromatic N) is 2. The fraction of sp³-hybridized carbons (Fsp3) is 0.462. The number of amides is 2. The number of fused-ring (bicyclic) bond motifs is 1. The molecule has 1 atom stereocenters. The number of hydrogen-bond donors (Lipinski definition) is 1. The maximum absolute atomic E-state index is 13.8. The number of anilines is 1. The molecule has 0 unspecified atom stereocenters. The fourth-order valence-electron chi connectivity index (χ4n) is 3.95. The molecule has 37 heavy (non-hydrogen) atoms. The van der Waals surface area contributed by atoms with E-state index in [1.54, 1.807) is 43.5 Å². The summed E-state index contributed by atoms with van der Waals surface area (Å²) in [6.45, 7) is 7.04. The van der Waals surface area contributed by atoms with Gasteiger partial charge in [-0.3, -0.25) is 13.9 Å². The zero-order valence-electron chi connectivity index (χ0n) is 22.1. The van der Waals surface area contributed by atoms with Crippen molar-refractivity contribution in [2.75, 3.05) is 31.0 Å². The van der Waals surface area contributed by atoms with Crippen LogP contribution >= 0.6 is 0 Å². The van der Waals surface area contributed by atoms with Crippen molar-refractivity contribution < 1.29 is 32.2 Å².